The lowest BCUT2D eigenvalue weighted by molar-refractivity contribution is -0.139. The smallest absolute Gasteiger partial charge is 0.408 e. The van der Waals surface area contributed by atoms with Crippen molar-refractivity contribution < 1.29 is 19.4 Å². The first-order valence-corrected chi connectivity index (χ1v) is 7.75. The minimum absolute atomic E-state index is 0.0754. The van der Waals surface area contributed by atoms with Crippen LogP contribution in [0.4, 0.5) is 4.79 Å². The van der Waals surface area contributed by atoms with Gasteiger partial charge in [-0.15, -0.1) is 0 Å². The molecule has 7 nitrogen and oxygen atoms in total. The lowest BCUT2D eigenvalue weighted by atomic mass is 10.1. The van der Waals surface area contributed by atoms with Gasteiger partial charge < -0.3 is 15.2 Å². The van der Waals surface area contributed by atoms with Gasteiger partial charge in [-0.1, -0.05) is 48.5 Å². The van der Waals surface area contributed by atoms with Crippen LogP contribution in [0.25, 0.3) is 10.9 Å². The highest BCUT2D eigenvalue weighted by Crippen LogP contribution is 2.16. The predicted octanol–water partition coefficient (Wildman–Crippen LogP) is 2.49. The molecular weight excluding hydrogens is 322 g/mol. The molecule has 0 bridgehead atoms. The molecule has 0 saturated carbocycles. The molecule has 3 N–H and O–H groups in total. The summed E-state index contributed by atoms with van der Waals surface area (Å²) in [6.07, 6.45) is -0.698. The molecule has 0 aliphatic rings. The molecule has 0 aliphatic carbocycles. The number of carboxylic acids is 1. The van der Waals surface area contributed by atoms with Gasteiger partial charge in [-0.3, -0.25) is 5.10 Å². The maximum atomic E-state index is 11.9. The summed E-state index contributed by atoms with van der Waals surface area (Å²) >= 11 is 0. The summed E-state index contributed by atoms with van der Waals surface area (Å²) in [7, 11) is 0. The maximum absolute atomic E-state index is 11.9. The first-order valence-electron chi connectivity index (χ1n) is 7.75. The normalized spacial score (nSPS) is 11.8. The highest BCUT2D eigenvalue weighted by Gasteiger charge is 2.23. The Labute approximate surface area is 143 Å². The van der Waals surface area contributed by atoms with Gasteiger partial charge in [-0.2, -0.15) is 5.10 Å². The van der Waals surface area contributed by atoms with Gasteiger partial charge in [-0.05, 0) is 11.6 Å². The van der Waals surface area contributed by atoms with Crippen LogP contribution in [0, 0.1) is 0 Å². The van der Waals surface area contributed by atoms with Crippen LogP contribution < -0.4 is 5.32 Å². The fourth-order valence-electron chi connectivity index (χ4n) is 2.48. The van der Waals surface area contributed by atoms with E-state index in [9.17, 15) is 14.7 Å². The van der Waals surface area contributed by atoms with Crippen LogP contribution >= 0.6 is 0 Å². The number of amides is 1. The largest absolute Gasteiger partial charge is 0.480 e. The Morgan fingerprint density at radius 3 is 2.60 bits per heavy atom. The van der Waals surface area contributed by atoms with Crippen molar-refractivity contribution in [3.63, 3.8) is 0 Å². The summed E-state index contributed by atoms with van der Waals surface area (Å²) in [5, 5.41) is 19.5. The number of ether oxygens (including phenoxy) is 1. The Kier molecular flexibility index (Phi) is 4.94. The molecule has 0 unspecified atom stereocenters. The third-order valence-electron chi connectivity index (χ3n) is 3.75. The van der Waals surface area contributed by atoms with E-state index < -0.39 is 18.1 Å². The van der Waals surface area contributed by atoms with Crippen LogP contribution in [-0.2, 0) is 22.6 Å². The number of carboxylic acid groups (broad SMARTS) is 1. The molecule has 3 aromatic rings. The van der Waals surface area contributed by atoms with Gasteiger partial charge in [0.25, 0.3) is 0 Å². The number of rotatable bonds is 6. The first-order chi connectivity index (χ1) is 12.1. The summed E-state index contributed by atoms with van der Waals surface area (Å²) in [4.78, 5) is 23.4. The van der Waals surface area contributed by atoms with Crippen molar-refractivity contribution >= 4 is 23.0 Å². The third kappa shape index (κ3) is 4.14. The fourth-order valence-corrected chi connectivity index (χ4v) is 2.48. The zero-order valence-electron chi connectivity index (χ0n) is 13.3. The second-order valence-corrected chi connectivity index (χ2v) is 5.52. The van der Waals surface area contributed by atoms with E-state index in [1.807, 2.05) is 54.6 Å². The Bertz CT molecular complexity index is 876. The Morgan fingerprint density at radius 1 is 1.12 bits per heavy atom. The molecule has 0 fully saturated rings. The molecule has 0 spiro atoms. The number of alkyl carbamates (subject to hydrolysis) is 1. The highest BCUT2D eigenvalue weighted by atomic mass is 16.5. The number of carbonyl (C=O) groups is 2. The molecule has 3 rings (SSSR count). The minimum atomic E-state index is -1.14. The number of aromatic nitrogens is 2. The number of hydrogen-bond donors (Lipinski definition) is 3. The van der Waals surface area contributed by atoms with E-state index >= 15 is 0 Å². The fraction of sp³-hybridized carbons (Fsp3) is 0.167. The zero-order valence-corrected chi connectivity index (χ0v) is 13.3. The Morgan fingerprint density at radius 2 is 1.84 bits per heavy atom. The topological polar surface area (TPSA) is 104 Å². The number of nitrogens with zero attached hydrogens (tertiary/aromatic N) is 1. The van der Waals surface area contributed by atoms with Crippen molar-refractivity contribution in [2.45, 2.75) is 19.1 Å². The molecule has 1 amide bonds. The number of carbonyl (C=O) groups excluding carboxylic acids is 1. The molecule has 128 valence electrons. The van der Waals surface area contributed by atoms with Crippen LogP contribution in [0.2, 0.25) is 0 Å². The molecule has 25 heavy (non-hydrogen) atoms. The molecule has 1 aromatic heterocycles. The van der Waals surface area contributed by atoms with Crippen LogP contribution in [0.5, 0.6) is 0 Å². The summed E-state index contributed by atoms with van der Waals surface area (Å²) in [6.45, 7) is 0.0754. The van der Waals surface area contributed by atoms with E-state index in [4.69, 9.17) is 4.74 Å². The number of aliphatic carboxylic acids is 1. The number of fused-ring (bicyclic) bond motifs is 1. The van der Waals surface area contributed by atoms with Crippen LogP contribution in [-0.4, -0.2) is 33.4 Å². The van der Waals surface area contributed by atoms with Crippen LogP contribution in [0.3, 0.4) is 0 Å². The first kappa shape index (κ1) is 16.5. The predicted molar refractivity (Wildman–Crippen MR) is 91.0 cm³/mol. The third-order valence-corrected chi connectivity index (χ3v) is 3.75. The van der Waals surface area contributed by atoms with E-state index in [2.05, 4.69) is 15.5 Å². The number of H-pyrrole nitrogens is 1. The standard InChI is InChI=1S/C18H17N3O4/c22-17(23)16(10-15-13-8-4-5-9-14(13)20-21-15)19-18(24)25-11-12-6-2-1-3-7-12/h1-9,16H,10-11H2,(H,19,24)(H,20,21)(H,22,23)/t16-/m0/s1. The monoisotopic (exact) mass is 339 g/mol. The van der Waals surface area contributed by atoms with Crippen molar-refractivity contribution in [3.05, 3.63) is 65.9 Å². The second kappa shape index (κ2) is 7.48. The van der Waals surface area contributed by atoms with E-state index in [1.54, 1.807) is 0 Å². The molecule has 7 heteroatoms. The van der Waals surface area contributed by atoms with Gasteiger partial charge in [0.15, 0.2) is 0 Å². The Hall–Kier alpha value is -3.35. The van der Waals surface area contributed by atoms with Crippen molar-refractivity contribution in [2.75, 3.05) is 0 Å². The summed E-state index contributed by atoms with van der Waals surface area (Å²) < 4.78 is 5.08. The summed E-state index contributed by atoms with van der Waals surface area (Å²) in [5.74, 6) is -1.14. The number of hydrogen-bond acceptors (Lipinski definition) is 4. The Balaban J connectivity index is 1.63. The average Bonchev–Trinajstić information content (AvgIpc) is 3.03. The highest BCUT2D eigenvalue weighted by molar-refractivity contribution is 5.84. The molecule has 1 atom stereocenters. The molecule has 0 radical (unpaired) electrons. The molecule has 1 heterocycles. The number of aromatic amines is 1. The van der Waals surface area contributed by atoms with Crippen LogP contribution in [0.15, 0.2) is 54.6 Å². The molecular formula is C18H17N3O4. The van der Waals surface area contributed by atoms with Crippen molar-refractivity contribution in [3.8, 4) is 0 Å². The van der Waals surface area contributed by atoms with Gasteiger partial charge in [0.05, 0.1) is 5.52 Å². The van der Waals surface area contributed by atoms with Gasteiger partial charge in [0.1, 0.15) is 12.6 Å². The van der Waals surface area contributed by atoms with Crippen LogP contribution in [0.1, 0.15) is 11.3 Å². The van der Waals surface area contributed by atoms with E-state index in [-0.39, 0.29) is 13.0 Å². The van der Waals surface area contributed by atoms with Crippen molar-refractivity contribution in [1.29, 1.82) is 0 Å². The van der Waals surface area contributed by atoms with Gasteiger partial charge in [0.2, 0.25) is 0 Å². The second-order valence-electron chi connectivity index (χ2n) is 5.52. The molecule has 0 aliphatic heterocycles. The number of nitrogens with one attached hydrogen (secondary N) is 2. The van der Waals surface area contributed by atoms with E-state index in [0.29, 0.717) is 5.69 Å². The van der Waals surface area contributed by atoms with E-state index in [1.165, 1.54) is 0 Å². The SMILES string of the molecule is O=C(N[C@@H](Cc1[nH]nc2ccccc12)C(=O)O)OCc1ccccc1. The number of para-hydroxylation sites is 1. The quantitative estimate of drug-likeness (QED) is 0.640. The minimum Gasteiger partial charge on any atom is -0.480 e. The van der Waals surface area contributed by atoms with Crippen molar-refractivity contribution in [2.24, 2.45) is 0 Å². The van der Waals surface area contributed by atoms with E-state index in [0.717, 1.165) is 16.5 Å². The van der Waals surface area contributed by atoms with Gasteiger partial charge in [-0.25, -0.2) is 9.59 Å². The average molecular weight is 339 g/mol. The van der Waals surface area contributed by atoms with Crippen molar-refractivity contribution in [1.82, 2.24) is 15.5 Å². The van der Waals surface area contributed by atoms with Gasteiger partial charge >= 0.3 is 12.1 Å². The lowest BCUT2D eigenvalue weighted by Gasteiger charge is -2.14. The van der Waals surface area contributed by atoms with Gasteiger partial charge in [0, 0.05) is 17.5 Å². The summed E-state index contributed by atoms with van der Waals surface area (Å²) in [5.41, 5.74) is 2.21. The molecule has 0 saturated heterocycles. The lowest BCUT2D eigenvalue weighted by Crippen LogP contribution is -2.42. The summed E-state index contributed by atoms with van der Waals surface area (Å²) in [6, 6.07) is 15.4. The maximum Gasteiger partial charge on any atom is 0.408 e. The molecule has 2 aromatic carbocycles. The number of benzene rings is 2. The zero-order chi connectivity index (χ0) is 17.6.